The van der Waals surface area contributed by atoms with E-state index in [1.807, 2.05) is 0 Å². The molecule has 10 heavy (non-hydrogen) atoms. The molecule has 3 atom stereocenters. The Morgan fingerprint density at radius 2 is 1.80 bits per heavy atom. The molecule has 1 unspecified atom stereocenters. The molecule has 0 saturated heterocycles. The minimum atomic E-state index is -2.37. The molecule has 2 aliphatic carbocycles. The van der Waals surface area contributed by atoms with E-state index in [-0.39, 0.29) is 24.4 Å². The molecule has 0 aliphatic heterocycles. The summed E-state index contributed by atoms with van der Waals surface area (Å²) in [5.41, 5.74) is 0. The molecule has 58 valence electrons. The first kappa shape index (κ1) is 6.53. The lowest BCUT2D eigenvalue weighted by molar-refractivity contribution is 0.0563. The zero-order chi connectivity index (χ0) is 7.35. The second-order valence-electron chi connectivity index (χ2n) is 3.41. The normalized spacial score (nSPS) is 48.9. The van der Waals surface area contributed by atoms with Crippen LogP contribution < -0.4 is 0 Å². The fraction of sp³-hybridized carbons (Fsp3) is 1.00. The highest BCUT2D eigenvalue weighted by atomic mass is 19.3. The summed E-state index contributed by atoms with van der Waals surface area (Å²) in [5.74, 6) is -2.98. The van der Waals surface area contributed by atoms with Crippen molar-refractivity contribution in [2.24, 2.45) is 17.8 Å². The van der Waals surface area contributed by atoms with Crippen LogP contribution in [0.2, 0.25) is 0 Å². The number of fused-ring (bicyclic) bond motifs is 1. The van der Waals surface area contributed by atoms with E-state index in [4.69, 9.17) is 5.11 Å². The highest BCUT2D eigenvalue weighted by Crippen LogP contribution is 2.65. The molecule has 2 aliphatic rings. The number of alkyl halides is 2. The van der Waals surface area contributed by atoms with Gasteiger partial charge in [0.15, 0.2) is 0 Å². The fourth-order valence-corrected chi connectivity index (χ4v) is 2.07. The van der Waals surface area contributed by atoms with E-state index in [1.54, 1.807) is 0 Å². The molecule has 3 heteroatoms. The van der Waals surface area contributed by atoms with Crippen LogP contribution in [0.4, 0.5) is 8.78 Å². The van der Waals surface area contributed by atoms with E-state index >= 15 is 0 Å². The Morgan fingerprint density at radius 1 is 1.30 bits per heavy atom. The number of rotatable bonds is 1. The van der Waals surface area contributed by atoms with Crippen LogP contribution in [0.3, 0.4) is 0 Å². The van der Waals surface area contributed by atoms with Gasteiger partial charge in [-0.3, -0.25) is 0 Å². The number of hydrogen-bond acceptors (Lipinski definition) is 1. The predicted molar refractivity (Wildman–Crippen MR) is 31.7 cm³/mol. The molecule has 0 aromatic carbocycles. The van der Waals surface area contributed by atoms with Gasteiger partial charge in [0.1, 0.15) is 0 Å². The highest BCUT2D eigenvalue weighted by molar-refractivity contribution is 5.10. The van der Waals surface area contributed by atoms with E-state index in [1.165, 1.54) is 0 Å². The van der Waals surface area contributed by atoms with E-state index in [0.717, 1.165) is 0 Å². The number of halogens is 2. The number of hydrogen-bond donors (Lipinski definition) is 1. The second kappa shape index (κ2) is 1.70. The second-order valence-corrected chi connectivity index (χ2v) is 3.41. The maximum Gasteiger partial charge on any atom is 0.254 e. The van der Waals surface area contributed by atoms with Gasteiger partial charge in [-0.25, -0.2) is 8.78 Å². The van der Waals surface area contributed by atoms with E-state index in [0.29, 0.717) is 12.8 Å². The van der Waals surface area contributed by atoms with Gasteiger partial charge >= 0.3 is 0 Å². The Balaban J connectivity index is 1.96. The fourth-order valence-electron chi connectivity index (χ4n) is 2.07. The molecule has 0 aromatic heterocycles. The lowest BCUT2D eigenvalue weighted by Crippen LogP contribution is -2.10. The van der Waals surface area contributed by atoms with Crippen molar-refractivity contribution in [1.29, 1.82) is 0 Å². The molecule has 1 nitrogen and oxygen atoms in total. The standard InChI is InChI=1S/C7H10F2O/c8-7(9)5-1-4(3-10)2-6(5)7/h4-6,10H,1-3H2/t4?,5-,6+. The maximum absolute atomic E-state index is 12.5. The molecule has 0 radical (unpaired) electrons. The lowest BCUT2D eigenvalue weighted by atomic mass is 10.0. The molecule has 0 bridgehead atoms. The largest absolute Gasteiger partial charge is 0.396 e. The Hall–Kier alpha value is -0.180. The molecule has 0 amide bonds. The Bertz CT molecular complexity index is 144. The first-order valence-electron chi connectivity index (χ1n) is 3.65. The summed E-state index contributed by atoms with van der Waals surface area (Å²) in [6.45, 7) is 0.0864. The number of aliphatic hydroxyl groups excluding tert-OH is 1. The third-order valence-electron chi connectivity index (χ3n) is 2.80. The molecule has 2 saturated carbocycles. The maximum atomic E-state index is 12.5. The molecular formula is C7H10F2O. The molecular weight excluding hydrogens is 138 g/mol. The zero-order valence-corrected chi connectivity index (χ0v) is 5.56. The van der Waals surface area contributed by atoms with Crippen LogP contribution in [0.25, 0.3) is 0 Å². The SMILES string of the molecule is OCC1C[C@@H]2[C@H](C1)C2(F)F. The highest BCUT2D eigenvalue weighted by Gasteiger charge is 2.71. The van der Waals surface area contributed by atoms with Gasteiger partial charge in [-0.05, 0) is 18.8 Å². The van der Waals surface area contributed by atoms with Crippen molar-refractivity contribution in [1.82, 2.24) is 0 Å². The van der Waals surface area contributed by atoms with Gasteiger partial charge < -0.3 is 5.11 Å². The van der Waals surface area contributed by atoms with Crippen LogP contribution in [-0.2, 0) is 0 Å². The van der Waals surface area contributed by atoms with Crippen molar-refractivity contribution in [3.05, 3.63) is 0 Å². The first-order chi connectivity index (χ1) is 4.66. The van der Waals surface area contributed by atoms with Crippen LogP contribution in [0.5, 0.6) is 0 Å². The molecule has 0 heterocycles. The minimum Gasteiger partial charge on any atom is -0.396 e. The van der Waals surface area contributed by atoms with Gasteiger partial charge in [0.25, 0.3) is 5.92 Å². The van der Waals surface area contributed by atoms with Crippen LogP contribution >= 0.6 is 0 Å². The molecule has 0 aromatic rings. The summed E-state index contributed by atoms with van der Waals surface area (Å²) in [4.78, 5) is 0. The van der Waals surface area contributed by atoms with Crippen molar-refractivity contribution in [3.8, 4) is 0 Å². The number of aliphatic hydroxyl groups is 1. The van der Waals surface area contributed by atoms with Crippen molar-refractivity contribution in [2.75, 3.05) is 6.61 Å². The third kappa shape index (κ3) is 0.641. The van der Waals surface area contributed by atoms with Crippen molar-refractivity contribution in [3.63, 3.8) is 0 Å². The van der Waals surface area contributed by atoms with Crippen molar-refractivity contribution < 1.29 is 13.9 Å². The Labute approximate surface area is 58.0 Å². The van der Waals surface area contributed by atoms with Gasteiger partial charge in [0.2, 0.25) is 0 Å². The smallest absolute Gasteiger partial charge is 0.254 e. The third-order valence-corrected chi connectivity index (χ3v) is 2.80. The van der Waals surface area contributed by atoms with Gasteiger partial charge in [-0.2, -0.15) is 0 Å². The van der Waals surface area contributed by atoms with Crippen LogP contribution in [0.15, 0.2) is 0 Å². The lowest BCUT2D eigenvalue weighted by Gasteiger charge is -2.09. The van der Waals surface area contributed by atoms with Gasteiger partial charge in [-0.1, -0.05) is 0 Å². The van der Waals surface area contributed by atoms with E-state index in [9.17, 15) is 8.78 Å². The first-order valence-corrected chi connectivity index (χ1v) is 3.65. The van der Waals surface area contributed by atoms with Crippen LogP contribution in [0.1, 0.15) is 12.8 Å². The van der Waals surface area contributed by atoms with Gasteiger partial charge in [0, 0.05) is 18.4 Å². The summed E-state index contributed by atoms with van der Waals surface area (Å²) in [7, 11) is 0. The van der Waals surface area contributed by atoms with E-state index in [2.05, 4.69) is 0 Å². The predicted octanol–water partition coefficient (Wildman–Crippen LogP) is 1.27. The van der Waals surface area contributed by atoms with Gasteiger partial charge in [-0.15, -0.1) is 0 Å². The van der Waals surface area contributed by atoms with Crippen molar-refractivity contribution in [2.45, 2.75) is 18.8 Å². The average Bonchev–Trinajstić information content (AvgIpc) is 2.37. The quantitative estimate of drug-likeness (QED) is 0.593. The summed E-state index contributed by atoms with van der Waals surface area (Å²) in [5, 5.41) is 8.63. The van der Waals surface area contributed by atoms with Gasteiger partial charge in [0.05, 0.1) is 0 Å². The summed E-state index contributed by atoms with van der Waals surface area (Å²) in [6, 6.07) is 0. The van der Waals surface area contributed by atoms with Crippen LogP contribution in [0, 0.1) is 17.8 Å². The monoisotopic (exact) mass is 148 g/mol. The summed E-state index contributed by atoms with van der Waals surface area (Å²) < 4.78 is 24.9. The average molecular weight is 148 g/mol. The Kier molecular flexibility index (Phi) is 1.11. The van der Waals surface area contributed by atoms with Crippen LogP contribution in [-0.4, -0.2) is 17.6 Å². The molecule has 2 rings (SSSR count). The zero-order valence-electron chi connectivity index (χ0n) is 5.56. The summed E-state index contributed by atoms with van der Waals surface area (Å²) in [6.07, 6.45) is 1.07. The topological polar surface area (TPSA) is 20.2 Å². The minimum absolute atomic E-state index is 0.0864. The van der Waals surface area contributed by atoms with Crippen molar-refractivity contribution >= 4 is 0 Å². The molecule has 0 spiro atoms. The molecule has 2 fully saturated rings. The summed E-state index contributed by atoms with van der Waals surface area (Å²) >= 11 is 0. The van der Waals surface area contributed by atoms with E-state index < -0.39 is 5.92 Å². The molecule has 1 N–H and O–H groups in total. The Morgan fingerprint density at radius 3 is 2.20 bits per heavy atom.